The second-order valence-electron chi connectivity index (χ2n) is 9.99. The van der Waals surface area contributed by atoms with Gasteiger partial charge in [0.25, 0.3) is 12.3 Å². The van der Waals surface area contributed by atoms with E-state index < -0.39 is 47.5 Å². The van der Waals surface area contributed by atoms with Gasteiger partial charge in [0.05, 0.1) is 11.4 Å². The van der Waals surface area contributed by atoms with Gasteiger partial charge in [-0.1, -0.05) is 66.7 Å². The summed E-state index contributed by atoms with van der Waals surface area (Å²) in [4.78, 5) is 47.5. The number of anilines is 2. The van der Waals surface area contributed by atoms with Crippen molar-refractivity contribution in [3.63, 3.8) is 0 Å². The highest BCUT2D eigenvalue weighted by Gasteiger charge is 2.92. The Hall–Kier alpha value is -4.22. The van der Waals surface area contributed by atoms with Crippen molar-refractivity contribution >= 4 is 34.8 Å². The minimum Gasteiger partial charge on any atom is -0.323 e. The van der Waals surface area contributed by atoms with Crippen LogP contribution in [0.5, 0.6) is 0 Å². The van der Waals surface area contributed by atoms with Crippen LogP contribution in [0.1, 0.15) is 30.5 Å². The third-order valence-corrected chi connectivity index (χ3v) is 8.03. The summed E-state index contributed by atoms with van der Waals surface area (Å²) in [6.45, 7) is 2.70. The van der Waals surface area contributed by atoms with E-state index in [0.717, 1.165) is 10.5 Å². The number of fused-ring (bicyclic) bond motifs is 5. The van der Waals surface area contributed by atoms with Crippen molar-refractivity contribution in [3.05, 3.63) is 95.6 Å². The van der Waals surface area contributed by atoms with E-state index >= 15 is 0 Å². The molecule has 0 aliphatic carbocycles. The second kappa shape index (κ2) is 7.25. The van der Waals surface area contributed by atoms with Gasteiger partial charge in [-0.15, -0.1) is 0 Å². The van der Waals surface area contributed by atoms with Crippen LogP contribution in [0.2, 0.25) is 0 Å². The number of amides is 3. The van der Waals surface area contributed by atoms with E-state index in [1.807, 2.05) is 30.3 Å². The van der Waals surface area contributed by atoms with E-state index in [0.29, 0.717) is 28.2 Å². The van der Waals surface area contributed by atoms with Gasteiger partial charge >= 0.3 is 5.91 Å². The van der Waals surface area contributed by atoms with E-state index in [9.17, 15) is 14.4 Å². The van der Waals surface area contributed by atoms with Gasteiger partial charge in [0, 0.05) is 30.5 Å². The van der Waals surface area contributed by atoms with Crippen molar-refractivity contribution in [2.24, 2.45) is 4.99 Å². The SMILES string of the molecule is CC(=O)N1C(=O)[C@]2(O[C@@]34O[C@@H]5N=C(c6ccccc6)[C@@H](O5)O[C@]32c2ccccc2N4C(C)=O)c2ccccc21. The van der Waals surface area contributed by atoms with E-state index in [1.54, 1.807) is 48.5 Å². The van der Waals surface area contributed by atoms with E-state index in [2.05, 4.69) is 4.99 Å². The van der Waals surface area contributed by atoms with E-state index in [-0.39, 0.29) is 0 Å². The van der Waals surface area contributed by atoms with Gasteiger partial charge in [0.1, 0.15) is 5.71 Å². The first-order valence-electron chi connectivity index (χ1n) is 12.5. The number of aliphatic imine (C=N–C) groups is 1. The molecule has 0 radical (unpaired) electrons. The topological polar surface area (TPSA) is 107 Å². The van der Waals surface area contributed by atoms with Gasteiger partial charge in [-0.3, -0.25) is 28.8 Å². The normalized spacial score (nSPS) is 33.1. The number of nitrogens with zero attached hydrogens (tertiary/aromatic N) is 3. The fraction of sp³-hybridized carbons (Fsp3) is 0.241. The van der Waals surface area contributed by atoms with Gasteiger partial charge in [0.15, 0.2) is 0 Å². The van der Waals surface area contributed by atoms with Gasteiger partial charge < -0.3 is 9.47 Å². The fourth-order valence-electron chi connectivity index (χ4n) is 6.70. The lowest BCUT2D eigenvalue weighted by Gasteiger charge is -2.63. The minimum absolute atomic E-state index is 0.382. The van der Waals surface area contributed by atoms with Crippen LogP contribution in [-0.2, 0) is 44.5 Å². The Kier molecular flexibility index (Phi) is 4.22. The van der Waals surface area contributed by atoms with Crippen LogP contribution in [0, 0.1) is 0 Å². The molecule has 5 atom stereocenters. The highest BCUT2D eigenvalue weighted by molar-refractivity contribution is 6.23. The van der Waals surface area contributed by atoms with Crippen LogP contribution >= 0.6 is 0 Å². The Morgan fingerprint density at radius 2 is 1.49 bits per heavy atom. The maximum Gasteiger partial charge on any atom is 0.302 e. The average molecular weight is 524 g/mol. The molecule has 194 valence electrons. The molecule has 0 N–H and O–H groups in total. The molecule has 2 saturated heterocycles. The molecule has 5 aliphatic rings. The molecule has 0 unspecified atom stereocenters. The summed E-state index contributed by atoms with van der Waals surface area (Å²) in [7, 11) is 0. The van der Waals surface area contributed by atoms with Crippen LogP contribution in [0.15, 0.2) is 83.9 Å². The number of rotatable bonds is 1. The predicted octanol–water partition coefficient (Wildman–Crippen LogP) is 2.90. The number of benzene rings is 3. The molecular formula is C29H21N3O7. The Bertz CT molecular complexity index is 1660. The lowest BCUT2D eigenvalue weighted by Crippen LogP contribution is -2.84. The molecule has 1 spiro atoms. The van der Waals surface area contributed by atoms with E-state index in [1.165, 1.54) is 18.7 Å². The zero-order valence-electron chi connectivity index (χ0n) is 20.9. The molecule has 0 aromatic heterocycles. The number of hydrogen-bond donors (Lipinski definition) is 0. The van der Waals surface area contributed by atoms with Crippen molar-refractivity contribution in [1.82, 2.24) is 0 Å². The van der Waals surface area contributed by atoms with Gasteiger partial charge in [-0.25, -0.2) is 9.89 Å². The molecule has 5 heterocycles. The largest absolute Gasteiger partial charge is 0.323 e. The molecule has 8 rings (SSSR count). The summed E-state index contributed by atoms with van der Waals surface area (Å²) in [6, 6.07) is 23.4. The molecule has 0 saturated carbocycles. The van der Waals surface area contributed by atoms with Crippen LogP contribution < -0.4 is 9.80 Å². The summed E-state index contributed by atoms with van der Waals surface area (Å²) in [5, 5.41) is 0. The summed E-state index contributed by atoms with van der Waals surface area (Å²) < 4.78 is 26.1. The molecular weight excluding hydrogens is 502 g/mol. The van der Waals surface area contributed by atoms with Gasteiger partial charge in [0.2, 0.25) is 29.3 Å². The number of imide groups is 1. The second-order valence-corrected chi connectivity index (χ2v) is 9.99. The Balaban J connectivity index is 1.43. The standard InChI is InChI=1S/C29H21N3O7/c1-16(33)31-21-14-8-6-12-19(21)27(25(31)35)28-20-13-7-9-15-22(20)32(17(2)34)29(28,39-27)38-26-30-23(24(36-26)37-28)18-10-4-3-5-11-18/h3-15,24,26H,1-2H3/t24-,26+,27+,28-,29-/m0/s1. The molecule has 2 bridgehead atoms. The van der Waals surface area contributed by atoms with Gasteiger partial charge in [-0.05, 0) is 12.1 Å². The van der Waals surface area contributed by atoms with Crippen molar-refractivity contribution in [1.29, 1.82) is 0 Å². The summed E-state index contributed by atoms with van der Waals surface area (Å²) in [6.07, 6.45) is -2.25. The molecule has 3 aromatic rings. The Morgan fingerprint density at radius 3 is 2.21 bits per heavy atom. The molecule has 2 fully saturated rings. The summed E-state index contributed by atoms with van der Waals surface area (Å²) in [5.41, 5.74) is -0.579. The Labute approximate surface area is 222 Å². The van der Waals surface area contributed by atoms with Crippen LogP contribution in [0.25, 0.3) is 0 Å². The third kappa shape index (κ3) is 2.38. The molecule has 39 heavy (non-hydrogen) atoms. The summed E-state index contributed by atoms with van der Waals surface area (Å²) >= 11 is 0. The highest BCUT2D eigenvalue weighted by Crippen LogP contribution is 2.75. The van der Waals surface area contributed by atoms with Crippen LogP contribution in [0.4, 0.5) is 11.4 Å². The van der Waals surface area contributed by atoms with Crippen LogP contribution in [0.3, 0.4) is 0 Å². The molecule has 3 aromatic carbocycles. The smallest absolute Gasteiger partial charge is 0.302 e. The average Bonchev–Trinajstić information content (AvgIpc) is 3.46. The number of carbonyl (C=O) groups is 3. The third-order valence-electron chi connectivity index (χ3n) is 8.03. The zero-order chi connectivity index (χ0) is 26.7. The van der Waals surface area contributed by atoms with Crippen LogP contribution in [-0.4, -0.2) is 42.0 Å². The fourth-order valence-corrected chi connectivity index (χ4v) is 6.70. The first-order valence-corrected chi connectivity index (χ1v) is 12.5. The lowest BCUT2D eigenvalue weighted by atomic mass is 9.67. The highest BCUT2D eigenvalue weighted by atomic mass is 16.9. The van der Waals surface area contributed by atoms with Crippen molar-refractivity contribution in [2.45, 2.75) is 43.7 Å². The maximum atomic E-state index is 14.4. The number of para-hydroxylation sites is 2. The zero-order valence-corrected chi connectivity index (χ0v) is 20.9. The quantitative estimate of drug-likeness (QED) is 0.483. The maximum absolute atomic E-state index is 14.4. The molecule has 10 nitrogen and oxygen atoms in total. The lowest BCUT2D eigenvalue weighted by molar-refractivity contribution is -0.484. The number of hydrogen-bond acceptors (Lipinski definition) is 8. The van der Waals surface area contributed by atoms with Crippen molar-refractivity contribution in [2.75, 3.05) is 9.80 Å². The van der Waals surface area contributed by atoms with Gasteiger partial charge in [-0.2, -0.15) is 0 Å². The monoisotopic (exact) mass is 523 g/mol. The first-order chi connectivity index (χ1) is 18.9. The molecule has 3 amide bonds. The van der Waals surface area contributed by atoms with Crippen molar-refractivity contribution < 1.29 is 33.3 Å². The first kappa shape index (κ1) is 22.7. The van der Waals surface area contributed by atoms with E-state index in [4.69, 9.17) is 18.9 Å². The molecule has 5 aliphatic heterocycles. The molecule has 10 heteroatoms. The Morgan fingerprint density at radius 1 is 0.821 bits per heavy atom. The van der Waals surface area contributed by atoms with Crippen molar-refractivity contribution in [3.8, 4) is 0 Å². The number of carbonyl (C=O) groups excluding carboxylic acids is 3. The summed E-state index contributed by atoms with van der Waals surface area (Å²) in [5.74, 6) is -3.43. The minimum atomic E-state index is -1.93. The predicted molar refractivity (Wildman–Crippen MR) is 135 cm³/mol. The number of ether oxygens (including phenoxy) is 4.